The van der Waals surface area contributed by atoms with E-state index in [1.165, 1.54) is 0 Å². The zero-order chi connectivity index (χ0) is 14.8. The van der Waals surface area contributed by atoms with Crippen LogP contribution in [0, 0.1) is 22.5 Å². The number of aliphatic hydroxyl groups is 1. The highest BCUT2D eigenvalue weighted by atomic mass is 16.6. The summed E-state index contributed by atoms with van der Waals surface area (Å²) in [6, 6.07) is 1.63. The van der Waals surface area contributed by atoms with Crippen molar-refractivity contribution in [1.82, 2.24) is 4.98 Å². The van der Waals surface area contributed by atoms with Crippen LogP contribution < -0.4 is 5.32 Å². The Morgan fingerprint density at radius 3 is 3.00 bits per heavy atom. The number of nitro groups is 1. The van der Waals surface area contributed by atoms with Gasteiger partial charge in [0.05, 0.1) is 11.0 Å². The van der Waals surface area contributed by atoms with Gasteiger partial charge in [-0.05, 0) is 25.8 Å². The lowest BCUT2D eigenvalue weighted by atomic mass is 9.73. The van der Waals surface area contributed by atoms with Crippen molar-refractivity contribution in [2.45, 2.75) is 45.6 Å². The Bertz CT molecular complexity index is 506. The van der Waals surface area contributed by atoms with E-state index in [2.05, 4.69) is 10.3 Å². The Morgan fingerprint density at radius 1 is 1.60 bits per heavy atom. The molecule has 0 amide bonds. The second-order valence-electron chi connectivity index (χ2n) is 5.85. The summed E-state index contributed by atoms with van der Waals surface area (Å²) in [4.78, 5) is 14.8. The number of nitrogens with one attached hydrogen (secondary N) is 1. The Balaban J connectivity index is 2.15. The smallest absolute Gasteiger partial charge is 0.314 e. The summed E-state index contributed by atoms with van der Waals surface area (Å²) in [6.07, 6.45) is 5.03. The first-order chi connectivity index (χ1) is 9.44. The fraction of sp³-hybridized carbons (Fsp3) is 0.643. The molecular weight excluding hydrogens is 258 g/mol. The first-order valence-electron chi connectivity index (χ1n) is 6.96. The molecule has 1 aliphatic rings. The highest BCUT2D eigenvalue weighted by Gasteiger charge is 2.35. The van der Waals surface area contributed by atoms with E-state index in [9.17, 15) is 15.2 Å². The van der Waals surface area contributed by atoms with Gasteiger partial charge in [-0.2, -0.15) is 0 Å². The fourth-order valence-corrected chi connectivity index (χ4v) is 2.78. The molecule has 1 heterocycles. The van der Waals surface area contributed by atoms with Gasteiger partial charge in [-0.15, -0.1) is 0 Å². The van der Waals surface area contributed by atoms with Gasteiger partial charge in [-0.1, -0.05) is 19.8 Å². The maximum Gasteiger partial charge on any atom is 0.314 e. The monoisotopic (exact) mass is 279 g/mol. The lowest BCUT2D eigenvalue weighted by Crippen LogP contribution is -2.41. The molecule has 1 aromatic heterocycles. The van der Waals surface area contributed by atoms with Gasteiger partial charge >= 0.3 is 5.69 Å². The highest BCUT2D eigenvalue weighted by Crippen LogP contribution is 2.37. The minimum Gasteiger partial charge on any atom is -0.392 e. The molecule has 0 saturated heterocycles. The lowest BCUT2D eigenvalue weighted by Gasteiger charge is -2.38. The molecule has 20 heavy (non-hydrogen) atoms. The molecule has 110 valence electrons. The van der Waals surface area contributed by atoms with Crippen molar-refractivity contribution in [3.8, 4) is 0 Å². The molecular formula is C14H21N3O3. The lowest BCUT2D eigenvalue weighted by molar-refractivity contribution is -0.384. The van der Waals surface area contributed by atoms with Crippen LogP contribution in [0.3, 0.4) is 0 Å². The molecule has 0 radical (unpaired) electrons. The molecule has 2 rings (SSSR count). The SMILES string of the molecule is Cc1ccnc(NCC2(C)CCCCC2O)c1[N+](=O)[O-]. The predicted molar refractivity (Wildman–Crippen MR) is 76.7 cm³/mol. The molecule has 2 N–H and O–H groups in total. The van der Waals surface area contributed by atoms with Crippen molar-refractivity contribution in [2.75, 3.05) is 11.9 Å². The number of nitrogens with zero attached hydrogens (tertiary/aromatic N) is 2. The van der Waals surface area contributed by atoms with Gasteiger partial charge in [0.25, 0.3) is 0 Å². The standard InChI is InChI=1S/C14H21N3O3/c1-10-6-8-15-13(12(10)17(19)20)16-9-14(2)7-4-3-5-11(14)18/h6,8,11,18H,3-5,7,9H2,1-2H3,(H,15,16). The van der Waals surface area contributed by atoms with Crippen molar-refractivity contribution in [2.24, 2.45) is 5.41 Å². The van der Waals surface area contributed by atoms with Gasteiger partial charge in [0.2, 0.25) is 5.82 Å². The summed E-state index contributed by atoms with van der Waals surface area (Å²) in [5.41, 5.74) is 0.348. The number of aromatic nitrogens is 1. The van der Waals surface area contributed by atoms with Crippen LogP contribution in [0.4, 0.5) is 11.5 Å². The average molecular weight is 279 g/mol. The van der Waals surface area contributed by atoms with Crippen LogP contribution in [-0.2, 0) is 0 Å². The minimum absolute atomic E-state index is 0.0152. The summed E-state index contributed by atoms with van der Waals surface area (Å²) in [5, 5.41) is 24.3. The predicted octanol–water partition coefficient (Wildman–Crippen LogP) is 2.65. The van der Waals surface area contributed by atoms with E-state index in [0.29, 0.717) is 12.1 Å². The molecule has 0 bridgehead atoms. The van der Waals surface area contributed by atoms with Crippen LogP contribution in [0.25, 0.3) is 0 Å². The van der Waals surface area contributed by atoms with Gasteiger partial charge in [0.15, 0.2) is 0 Å². The maximum atomic E-state index is 11.1. The van der Waals surface area contributed by atoms with E-state index in [-0.39, 0.29) is 23.0 Å². The molecule has 6 nitrogen and oxygen atoms in total. The number of aryl methyl sites for hydroxylation is 1. The van der Waals surface area contributed by atoms with E-state index >= 15 is 0 Å². The molecule has 0 aromatic carbocycles. The van der Waals surface area contributed by atoms with Crippen LogP contribution >= 0.6 is 0 Å². The van der Waals surface area contributed by atoms with Crippen molar-refractivity contribution in [1.29, 1.82) is 0 Å². The second kappa shape index (κ2) is 5.75. The third kappa shape index (κ3) is 2.90. The van der Waals surface area contributed by atoms with Gasteiger partial charge in [0.1, 0.15) is 0 Å². The van der Waals surface area contributed by atoms with Crippen molar-refractivity contribution in [3.05, 3.63) is 27.9 Å². The largest absolute Gasteiger partial charge is 0.392 e. The Hall–Kier alpha value is -1.69. The molecule has 0 aliphatic heterocycles. The Labute approximate surface area is 118 Å². The van der Waals surface area contributed by atoms with Crippen LogP contribution in [-0.4, -0.2) is 27.7 Å². The molecule has 1 fully saturated rings. The molecule has 0 spiro atoms. The quantitative estimate of drug-likeness (QED) is 0.653. The van der Waals surface area contributed by atoms with Crippen LogP contribution in [0.15, 0.2) is 12.3 Å². The zero-order valence-electron chi connectivity index (χ0n) is 11.9. The van der Waals surface area contributed by atoms with Crippen LogP contribution in [0.2, 0.25) is 0 Å². The van der Waals surface area contributed by atoms with Crippen LogP contribution in [0.5, 0.6) is 0 Å². The molecule has 6 heteroatoms. The fourth-order valence-electron chi connectivity index (χ4n) is 2.78. The Morgan fingerprint density at radius 2 is 2.35 bits per heavy atom. The average Bonchev–Trinajstić information content (AvgIpc) is 2.40. The topological polar surface area (TPSA) is 88.3 Å². The van der Waals surface area contributed by atoms with E-state index in [4.69, 9.17) is 0 Å². The second-order valence-corrected chi connectivity index (χ2v) is 5.85. The summed E-state index contributed by atoms with van der Waals surface area (Å²) in [6.45, 7) is 4.21. The van der Waals surface area contributed by atoms with Crippen molar-refractivity contribution >= 4 is 11.5 Å². The summed E-state index contributed by atoms with van der Waals surface area (Å²) in [5.74, 6) is 0.286. The van der Waals surface area contributed by atoms with E-state index in [1.54, 1.807) is 19.2 Å². The summed E-state index contributed by atoms with van der Waals surface area (Å²) in [7, 11) is 0. The third-order valence-corrected chi connectivity index (χ3v) is 4.25. The summed E-state index contributed by atoms with van der Waals surface area (Å²) < 4.78 is 0. The van der Waals surface area contributed by atoms with Gasteiger partial charge in [-0.25, -0.2) is 4.98 Å². The highest BCUT2D eigenvalue weighted by molar-refractivity contribution is 5.59. The molecule has 1 aromatic rings. The van der Waals surface area contributed by atoms with Gasteiger partial charge in [0, 0.05) is 23.7 Å². The molecule has 2 atom stereocenters. The van der Waals surface area contributed by atoms with Crippen molar-refractivity contribution in [3.63, 3.8) is 0 Å². The minimum atomic E-state index is -0.412. The molecule has 1 saturated carbocycles. The van der Waals surface area contributed by atoms with E-state index < -0.39 is 4.92 Å². The first kappa shape index (κ1) is 14.7. The molecule has 1 aliphatic carbocycles. The number of anilines is 1. The van der Waals surface area contributed by atoms with Gasteiger partial charge < -0.3 is 10.4 Å². The normalized spacial score (nSPS) is 26.2. The Kier molecular flexibility index (Phi) is 4.23. The number of pyridine rings is 1. The number of rotatable bonds is 4. The molecule has 2 unspecified atom stereocenters. The number of hydrogen-bond acceptors (Lipinski definition) is 5. The number of aliphatic hydroxyl groups excluding tert-OH is 1. The first-order valence-corrected chi connectivity index (χ1v) is 6.96. The van der Waals surface area contributed by atoms with Gasteiger partial charge in [-0.3, -0.25) is 10.1 Å². The maximum absolute atomic E-state index is 11.1. The zero-order valence-corrected chi connectivity index (χ0v) is 11.9. The number of hydrogen-bond donors (Lipinski definition) is 2. The summed E-state index contributed by atoms with van der Waals surface area (Å²) >= 11 is 0. The van der Waals surface area contributed by atoms with E-state index in [0.717, 1.165) is 25.7 Å². The van der Waals surface area contributed by atoms with Crippen molar-refractivity contribution < 1.29 is 10.0 Å². The third-order valence-electron chi connectivity index (χ3n) is 4.25. The van der Waals surface area contributed by atoms with E-state index in [1.807, 2.05) is 6.92 Å². The van der Waals surface area contributed by atoms with Crippen LogP contribution in [0.1, 0.15) is 38.2 Å².